The van der Waals surface area contributed by atoms with Gasteiger partial charge in [0.05, 0.1) is 27.3 Å². The van der Waals surface area contributed by atoms with Crippen LogP contribution in [0.5, 0.6) is 0 Å². The molecular formula is C7H18NO2+. The Hall–Kier alpha value is -0.120. The first-order valence-electron chi connectivity index (χ1n) is 3.54. The molecule has 0 aromatic rings. The van der Waals surface area contributed by atoms with Crippen molar-refractivity contribution in [2.24, 2.45) is 0 Å². The van der Waals surface area contributed by atoms with Crippen LogP contribution in [0.1, 0.15) is 0 Å². The molecule has 0 heterocycles. The Morgan fingerprint density at radius 1 is 1.30 bits per heavy atom. The summed E-state index contributed by atoms with van der Waals surface area (Å²) in [4.78, 5) is 0. The fourth-order valence-electron chi connectivity index (χ4n) is 0.721. The van der Waals surface area contributed by atoms with Gasteiger partial charge in [0.15, 0.2) is 0 Å². The summed E-state index contributed by atoms with van der Waals surface area (Å²) in [6.45, 7) is 2.75. The molecule has 0 radical (unpaired) electrons. The Morgan fingerprint density at radius 3 is 2.30 bits per heavy atom. The molecule has 0 fully saturated rings. The highest BCUT2D eigenvalue weighted by molar-refractivity contribution is 4.31. The van der Waals surface area contributed by atoms with E-state index in [-0.39, 0.29) is 6.61 Å². The van der Waals surface area contributed by atoms with Crippen molar-refractivity contribution in [1.82, 2.24) is 0 Å². The third kappa shape index (κ3) is 4.73. The lowest BCUT2D eigenvalue weighted by Crippen LogP contribution is -2.44. The maximum atomic E-state index is 8.64. The van der Waals surface area contributed by atoms with E-state index in [0.717, 1.165) is 24.2 Å². The summed E-state index contributed by atoms with van der Waals surface area (Å²) in [5.41, 5.74) is 0. The summed E-state index contributed by atoms with van der Waals surface area (Å²) in [5, 5.41) is 8.64. The standard InChI is InChI=1S/C7H18NO2/c1-8(2,4-6-9)5-7-10-3/h9H,4-7H2,1-3H3/q+1. The molecule has 62 valence electrons. The second kappa shape index (κ2) is 4.66. The number of methoxy groups -OCH3 is 1. The molecule has 0 amide bonds. The molecule has 0 spiro atoms. The fourth-order valence-corrected chi connectivity index (χ4v) is 0.721. The molecule has 0 aliphatic carbocycles. The molecule has 0 rings (SSSR count). The van der Waals surface area contributed by atoms with E-state index in [1.54, 1.807) is 7.11 Å². The van der Waals surface area contributed by atoms with Gasteiger partial charge in [0.25, 0.3) is 0 Å². The number of hydrogen-bond acceptors (Lipinski definition) is 2. The summed E-state index contributed by atoms with van der Waals surface area (Å²) in [7, 11) is 5.85. The van der Waals surface area contributed by atoms with Gasteiger partial charge < -0.3 is 14.3 Å². The Morgan fingerprint density at radius 2 is 1.90 bits per heavy atom. The molecule has 0 atom stereocenters. The van der Waals surface area contributed by atoms with E-state index in [4.69, 9.17) is 9.84 Å². The Balaban J connectivity index is 3.42. The number of aliphatic hydroxyl groups excluding tert-OH is 1. The van der Waals surface area contributed by atoms with E-state index < -0.39 is 0 Å². The van der Waals surface area contributed by atoms with Crippen LogP contribution >= 0.6 is 0 Å². The van der Waals surface area contributed by atoms with Gasteiger partial charge in [0.1, 0.15) is 13.1 Å². The van der Waals surface area contributed by atoms with E-state index in [1.807, 2.05) is 0 Å². The first kappa shape index (κ1) is 9.88. The highest BCUT2D eigenvalue weighted by atomic mass is 16.5. The minimum Gasteiger partial charge on any atom is -0.391 e. The molecule has 0 aromatic carbocycles. The van der Waals surface area contributed by atoms with Crippen LogP contribution in [-0.4, -0.2) is 57.1 Å². The number of likely N-dealkylation sites (N-methyl/N-ethyl adjacent to an activating group) is 1. The SMILES string of the molecule is COCC[N+](C)(C)CCO. The maximum absolute atomic E-state index is 8.64. The zero-order valence-corrected chi connectivity index (χ0v) is 7.13. The van der Waals surface area contributed by atoms with Gasteiger partial charge in [0, 0.05) is 7.11 Å². The predicted octanol–water partition coefficient (Wildman–Crippen LogP) is -0.298. The van der Waals surface area contributed by atoms with Crippen LogP contribution in [0.2, 0.25) is 0 Å². The van der Waals surface area contributed by atoms with Crippen LogP contribution in [0.3, 0.4) is 0 Å². The summed E-state index contributed by atoms with van der Waals surface area (Å²) < 4.78 is 5.75. The van der Waals surface area contributed by atoms with Gasteiger partial charge in [-0.15, -0.1) is 0 Å². The van der Waals surface area contributed by atoms with Gasteiger partial charge in [-0.25, -0.2) is 0 Å². The highest BCUT2D eigenvalue weighted by Gasteiger charge is 2.12. The van der Waals surface area contributed by atoms with Crippen molar-refractivity contribution in [3.05, 3.63) is 0 Å². The highest BCUT2D eigenvalue weighted by Crippen LogP contribution is 1.94. The maximum Gasteiger partial charge on any atom is 0.102 e. The fraction of sp³-hybridized carbons (Fsp3) is 1.00. The smallest absolute Gasteiger partial charge is 0.102 e. The molecule has 1 N–H and O–H groups in total. The molecule has 0 aliphatic heterocycles. The van der Waals surface area contributed by atoms with Gasteiger partial charge in [-0.1, -0.05) is 0 Å². The largest absolute Gasteiger partial charge is 0.391 e. The third-order valence-electron chi connectivity index (χ3n) is 1.61. The first-order valence-corrected chi connectivity index (χ1v) is 3.54. The van der Waals surface area contributed by atoms with Gasteiger partial charge in [-0.05, 0) is 0 Å². The predicted molar refractivity (Wildman–Crippen MR) is 40.8 cm³/mol. The normalized spacial score (nSPS) is 12.0. The summed E-state index contributed by atoms with van der Waals surface area (Å²) in [5.74, 6) is 0. The van der Waals surface area contributed by atoms with Crippen molar-refractivity contribution in [3.63, 3.8) is 0 Å². The van der Waals surface area contributed by atoms with Crippen molar-refractivity contribution >= 4 is 0 Å². The topological polar surface area (TPSA) is 29.5 Å². The van der Waals surface area contributed by atoms with Crippen molar-refractivity contribution in [2.45, 2.75) is 0 Å². The quantitative estimate of drug-likeness (QED) is 0.542. The molecule has 0 unspecified atom stereocenters. The molecular weight excluding hydrogens is 130 g/mol. The number of rotatable bonds is 5. The number of hydrogen-bond donors (Lipinski definition) is 1. The van der Waals surface area contributed by atoms with Crippen molar-refractivity contribution in [2.75, 3.05) is 47.5 Å². The average molecular weight is 148 g/mol. The molecule has 10 heavy (non-hydrogen) atoms. The zero-order chi connectivity index (χ0) is 8.04. The third-order valence-corrected chi connectivity index (χ3v) is 1.61. The van der Waals surface area contributed by atoms with Crippen LogP contribution in [-0.2, 0) is 4.74 Å². The lowest BCUT2D eigenvalue weighted by atomic mass is 10.4. The second-order valence-corrected chi connectivity index (χ2v) is 3.10. The van der Waals surface area contributed by atoms with Gasteiger partial charge in [0.2, 0.25) is 0 Å². The molecule has 0 bridgehead atoms. The molecule has 3 nitrogen and oxygen atoms in total. The van der Waals surface area contributed by atoms with E-state index in [2.05, 4.69) is 14.1 Å². The average Bonchev–Trinajstić information content (AvgIpc) is 1.84. The molecule has 0 aromatic heterocycles. The number of aliphatic hydroxyl groups is 1. The van der Waals surface area contributed by atoms with Crippen molar-refractivity contribution in [1.29, 1.82) is 0 Å². The summed E-state index contributed by atoms with van der Waals surface area (Å²) in [6, 6.07) is 0. The van der Waals surface area contributed by atoms with E-state index in [9.17, 15) is 0 Å². The number of nitrogens with zero attached hydrogens (tertiary/aromatic N) is 1. The minimum atomic E-state index is 0.247. The zero-order valence-electron chi connectivity index (χ0n) is 7.13. The van der Waals surface area contributed by atoms with E-state index >= 15 is 0 Å². The van der Waals surface area contributed by atoms with Crippen LogP contribution in [0.15, 0.2) is 0 Å². The minimum absolute atomic E-state index is 0.247. The lowest BCUT2D eigenvalue weighted by Gasteiger charge is -2.28. The number of quaternary nitrogens is 1. The Bertz CT molecular complexity index is 83.7. The molecule has 0 aliphatic rings. The second-order valence-electron chi connectivity index (χ2n) is 3.10. The van der Waals surface area contributed by atoms with Crippen LogP contribution in [0, 0.1) is 0 Å². The molecule has 3 heteroatoms. The molecule has 0 saturated heterocycles. The van der Waals surface area contributed by atoms with Crippen molar-refractivity contribution in [3.8, 4) is 0 Å². The molecule has 0 saturated carbocycles. The van der Waals surface area contributed by atoms with E-state index in [1.165, 1.54) is 0 Å². The summed E-state index contributed by atoms with van der Waals surface area (Å²) in [6.07, 6.45) is 0. The summed E-state index contributed by atoms with van der Waals surface area (Å²) >= 11 is 0. The van der Waals surface area contributed by atoms with Gasteiger partial charge in [-0.3, -0.25) is 0 Å². The lowest BCUT2D eigenvalue weighted by molar-refractivity contribution is -0.890. The number of ether oxygens (including phenoxy) is 1. The Kier molecular flexibility index (Phi) is 4.60. The Labute approximate surface area is 62.8 Å². The van der Waals surface area contributed by atoms with Crippen LogP contribution in [0.4, 0.5) is 0 Å². The first-order chi connectivity index (χ1) is 4.62. The van der Waals surface area contributed by atoms with Crippen LogP contribution < -0.4 is 0 Å². The van der Waals surface area contributed by atoms with E-state index in [0.29, 0.717) is 0 Å². The van der Waals surface area contributed by atoms with Gasteiger partial charge in [-0.2, -0.15) is 0 Å². The van der Waals surface area contributed by atoms with Gasteiger partial charge >= 0.3 is 0 Å². The van der Waals surface area contributed by atoms with Crippen LogP contribution in [0.25, 0.3) is 0 Å². The van der Waals surface area contributed by atoms with Crippen molar-refractivity contribution < 1.29 is 14.3 Å². The monoisotopic (exact) mass is 148 g/mol.